The molecule has 0 aliphatic carbocycles. The fourth-order valence-electron chi connectivity index (χ4n) is 2.99. The van der Waals surface area contributed by atoms with Gasteiger partial charge in [-0.05, 0) is 31.0 Å². The first-order chi connectivity index (χ1) is 12.4. The molecule has 3 rings (SSSR count). The Morgan fingerprint density at radius 1 is 1.38 bits per heavy atom. The van der Waals surface area contributed by atoms with Gasteiger partial charge in [0.05, 0.1) is 17.6 Å². The highest BCUT2D eigenvalue weighted by Gasteiger charge is 2.27. The van der Waals surface area contributed by atoms with Gasteiger partial charge in [-0.15, -0.1) is 0 Å². The van der Waals surface area contributed by atoms with Gasteiger partial charge in [-0.25, -0.2) is 9.18 Å². The fraction of sp³-hybridized carbons (Fsp3) is 0.368. The van der Waals surface area contributed by atoms with Crippen LogP contribution >= 0.6 is 11.6 Å². The van der Waals surface area contributed by atoms with Crippen LogP contribution in [0.15, 0.2) is 39.5 Å². The van der Waals surface area contributed by atoms with Gasteiger partial charge in [0.25, 0.3) is 0 Å². The van der Waals surface area contributed by atoms with Crippen molar-refractivity contribution in [2.45, 2.75) is 32.3 Å². The van der Waals surface area contributed by atoms with Crippen molar-refractivity contribution < 1.29 is 18.3 Å². The Hall–Kier alpha value is -2.34. The van der Waals surface area contributed by atoms with Gasteiger partial charge in [-0.1, -0.05) is 17.7 Å². The second-order valence-corrected chi connectivity index (χ2v) is 6.75. The normalized spacial score (nSPS) is 16.7. The lowest BCUT2D eigenvalue weighted by molar-refractivity contribution is -0.130. The Labute approximate surface area is 155 Å². The number of halogens is 2. The van der Waals surface area contributed by atoms with Crippen LogP contribution in [0.4, 0.5) is 4.39 Å². The number of carbonyl (C=O) groups is 1. The van der Waals surface area contributed by atoms with E-state index in [2.05, 4.69) is 0 Å². The lowest BCUT2D eigenvalue weighted by Gasteiger charge is -2.17. The van der Waals surface area contributed by atoms with Crippen LogP contribution in [0.5, 0.6) is 5.75 Å². The topological polar surface area (TPSA) is 59.8 Å². The Morgan fingerprint density at radius 2 is 2.19 bits per heavy atom. The van der Waals surface area contributed by atoms with E-state index in [1.807, 2.05) is 0 Å². The summed E-state index contributed by atoms with van der Waals surface area (Å²) in [6.45, 7) is 2.74. The van der Waals surface area contributed by atoms with E-state index in [9.17, 15) is 14.0 Å². The highest BCUT2D eigenvalue weighted by molar-refractivity contribution is 6.30. The lowest BCUT2D eigenvalue weighted by Crippen LogP contribution is -2.31. The molecule has 2 heterocycles. The first kappa shape index (κ1) is 18.5. The van der Waals surface area contributed by atoms with E-state index in [1.54, 1.807) is 24.0 Å². The molecule has 0 saturated carbocycles. The molecule has 0 unspecified atom stereocenters. The number of ether oxygens (including phenoxy) is 1. The van der Waals surface area contributed by atoms with Crippen molar-refractivity contribution in [3.05, 3.63) is 62.9 Å². The molecule has 1 amide bonds. The Balaban J connectivity index is 1.52. The largest absolute Gasteiger partial charge is 0.488 e. The molecule has 7 heteroatoms. The van der Waals surface area contributed by atoms with Crippen LogP contribution in [0, 0.1) is 12.7 Å². The number of aryl methyl sites for hydroxylation is 2. The van der Waals surface area contributed by atoms with Gasteiger partial charge in [0.1, 0.15) is 23.4 Å². The van der Waals surface area contributed by atoms with Crippen LogP contribution in [0.3, 0.4) is 0 Å². The maximum atomic E-state index is 13.4. The van der Waals surface area contributed by atoms with Gasteiger partial charge in [-0.3, -0.25) is 4.79 Å². The first-order valence-electron chi connectivity index (χ1n) is 8.41. The van der Waals surface area contributed by atoms with Crippen molar-refractivity contribution in [3.8, 4) is 5.75 Å². The molecule has 26 heavy (non-hydrogen) atoms. The van der Waals surface area contributed by atoms with Crippen molar-refractivity contribution in [1.29, 1.82) is 0 Å². The van der Waals surface area contributed by atoms with Crippen LogP contribution in [-0.2, 0) is 11.2 Å². The minimum atomic E-state index is -0.478. The molecule has 1 saturated heterocycles. The third kappa shape index (κ3) is 4.64. The molecule has 138 valence electrons. The number of rotatable bonds is 5. The molecule has 2 aromatic rings. The van der Waals surface area contributed by atoms with Crippen molar-refractivity contribution in [1.82, 2.24) is 4.90 Å². The zero-order chi connectivity index (χ0) is 18.7. The molecule has 1 aliphatic heterocycles. The van der Waals surface area contributed by atoms with E-state index in [0.29, 0.717) is 43.9 Å². The van der Waals surface area contributed by atoms with Gasteiger partial charge in [0.15, 0.2) is 0 Å². The van der Waals surface area contributed by atoms with Crippen LogP contribution in [0.25, 0.3) is 0 Å². The average Bonchev–Trinajstić information content (AvgIpc) is 3.03. The molecular weight excluding hydrogens is 361 g/mol. The van der Waals surface area contributed by atoms with E-state index >= 15 is 0 Å². The SMILES string of the molecule is Cc1cc(O[C@H]2CCN(C(=O)CCc3ccc(Cl)c(F)c3)C2)cc(=O)o1. The molecule has 1 aromatic carbocycles. The summed E-state index contributed by atoms with van der Waals surface area (Å²) >= 11 is 5.66. The van der Waals surface area contributed by atoms with Gasteiger partial charge < -0.3 is 14.1 Å². The number of hydrogen-bond acceptors (Lipinski definition) is 4. The van der Waals surface area contributed by atoms with E-state index < -0.39 is 11.4 Å². The minimum Gasteiger partial charge on any atom is -0.488 e. The zero-order valence-electron chi connectivity index (χ0n) is 14.3. The highest BCUT2D eigenvalue weighted by Crippen LogP contribution is 2.20. The Bertz CT molecular complexity index is 867. The second-order valence-electron chi connectivity index (χ2n) is 6.34. The number of amides is 1. The number of benzene rings is 1. The average molecular weight is 380 g/mol. The van der Waals surface area contributed by atoms with Gasteiger partial charge in [0, 0.05) is 25.5 Å². The monoisotopic (exact) mass is 379 g/mol. The summed E-state index contributed by atoms with van der Waals surface area (Å²) in [6.07, 6.45) is 1.28. The van der Waals surface area contributed by atoms with Crippen LogP contribution in [0.1, 0.15) is 24.2 Å². The highest BCUT2D eigenvalue weighted by atomic mass is 35.5. The van der Waals surface area contributed by atoms with Crippen LogP contribution < -0.4 is 10.4 Å². The molecule has 0 radical (unpaired) electrons. The molecule has 0 N–H and O–H groups in total. The van der Waals surface area contributed by atoms with Crippen LogP contribution in [-0.4, -0.2) is 30.0 Å². The molecule has 1 aliphatic rings. The third-order valence-electron chi connectivity index (χ3n) is 4.28. The predicted octanol–water partition coefficient (Wildman–Crippen LogP) is 3.35. The molecule has 0 bridgehead atoms. The predicted molar refractivity (Wildman–Crippen MR) is 95.1 cm³/mol. The van der Waals surface area contributed by atoms with Gasteiger partial charge >= 0.3 is 5.63 Å². The lowest BCUT2D eigenvalue weighted by atomic mass is 10.1. The van der Waals surface area contributed by atoms with E-state index in [0.717, 1.165) is 5.56 Å². The van der Waals surface area contributed by atoms with Gasteiger partial charge in [-0.2, -0.15) is 0 Å². The second kappa shape index (κ2) is 7.91. The smallest absolute Gasteiger partial charge is 0.339 e. The van der Waals surface area contributed by atoms with Crippen molar-refractivity contribution in [3.63, 3.8) is 0 Å². The first-order valence-corrected chi connectivity index (χ1v) is 8.78. The molecule has 1 aromatic heterocycles. The van der Waals surface area contributed by atoms with Crippen molar-refractivity contribution in [2.75, 3.05) is 13.1 Å². The number of carbonyl (C=O) groups excluding carboxylic acids is 1. The summed E-state index contributed by atoms with van der Waals surface area (Å²) in [5.41, 5.74) is 0.278. The van der Waals surface area contributed by atoms with E-state index in [-0.39, 0.29) is 17.0 Å². The summed E-state index contributed by atoms with van der Waals surface area (Å²) < 4.78 is 24.1. The molecule has 1 atom stereocenters. The molecule has 5 nitrogen and oxygen atoms in total. The number of hydrogen-bond donors (Lipinski definition) is 0. The summed E-state index contributed by atoms with van der Waals surface area (Å²) in [5.74, 6) is 0.451. The van der Waals surface area contributed by atoms with Crippen molar-refractivity contribution >= 4 is 17.5 Å². The Morgan fingerprint density at radius 3 is 2.92 bits per heavy atom. The van der Waals surface area contributed by atoms with Gasteiger partial charge in [0.2, 0.25) is 5.91 Å². The van der Waals surface area contributed by atoms with Crippen LogP contribution in [0.2, 0.25) is 5.02 Å². The zero-order valence-corrected chi connectivity index (χ0v) is 15.1. The summed E-state index contributed by atoms with van der Waals surface area (Å²) in [4.78, 5) is 25.5. The Kier molecular flexibility index (Phi) is 5.61. The van der Waals surface area contributed by atoms with E-state index in [4.69, 9.17) is 20.8 Å². The standard InChI is InChI=1S/C19H19ClFNO4/c1-12-8-15(10-19(24)25-12)26-14-6-7-22(11-14)18(23)5-3-13-2-4-16(20)17(21)9-13/h2,4,8-10,14H,3,5-7,11H2,1H3/t14-/m0/s1. The minimum absolute atomic E-state index is 0.00443. The molecule has 1 fully saturated rings. The molecular formula is C19H19ClFNO4. The number of likely N-dealkylation sites (tertiary alicyclic amines) is 1. The third-order valence-corrected chi connectivity index (χ3v) is 4.59. The molecule has 0 spiro atoms. The summed E-state index contributed by atoms with van der Waals surface area (Å²) in [7, 11) is 0. The maximum absolute atomic E-state index is 13.4. The number of nitrogens with zero attached hydrogens (tertiary/aromatic N) is 1. The summed E-state index contributed by atoms with van der Waals surface area (Å²) in [6, 6.07) is 7.52. The quantitative estimate of drug-likeness (QED) is 0.799. The maximum Gasteiger partial charge on any atom is 0.339 e. The van der Waals surface area contributed by atoms with Crippen molar-refractivity contribution in [2.24, 2.45) is 0 Å². The summed E-state index contributed by atoms with van der Waals surface area (Å²) in [5, 5.41) is 0.0739. The van der Waals surface area contributed by atoms with E-state index in [1.165, 1.54) is 18.2 Å². The fourth-order valence-corrected chi connectivity index (χ4v) is 3.11.